The van der Waals surface area contributed by atoms with Crippen LogP contribution in [0.3, 0.4) is 0 Å². The Bertz CT molecular complexity index is 817. The van der Waals surface area contributed by atoms with Gasteiger partial charge in [-0.15, -0.1) is 0 Å². The summed E-state index contributed by atoms with van der Waals surface area (Å²) in [6.07, 6.45) is 4.87. The Kier molecular flexibility index (Phi) is 3.40. The smallest absolute Gasteiger partial charge is 0.229 e. The summed E-state index contributed by atoms with van der Waals surface area (Å²) in [6, 6.07) is 6.52. The Hall–Kier alpha value is -2.24. The molecule has 5 rings (SSSR count). The number of amides is 1. The van der Waals surface area contributed by atoms with E-state index in [0.29, 0.717) is 11.7 Å². The zero-order chi connectivity index (χ0) is 17.0. The summed E-state index contributed by atoms with van der Waals surface area (Å²) in [6.45, 7) is 0.739. The number of carbonyl (C=O) groups excluding carboxylic acids is 1. The monoisotopic (exact) mass is 341 g/mol. The van der Waals surface area contributed by atoms with E-state index in [1.54, 1.807) is 12.1 Å². The number of halogens is 1. The van der Waals surface area contributed by atoms with Gasteiger partial charge < -0.3 is 9.42 Å². The molecule has 0 radical (unpaired) electrons. The summed E-state index contributed by atoms with van der Waals surface area (Å²) >= 11 is 0. The van der Waals surface area contributed by atoms with Crippen LogP contribution in [0.1, 0.15) is 67.3 Å². The number of rotatable bonds is 4. The third-order valence-corrected chi connectivity index (χ3v) is 5.60. The maximum Gasteiger partial charge on any atom is 0.229 e. The van der Waals surface area contributed by atoms with E-state index < -0.39 is 0 Å². The third-order valence-electron chi connectivity index (χ3n) is 5.60. The molecule has 3 fully saturated rings. The first-order valence-electron chi connectivity index (χ1n) is 9.10. The van der Waals surface area contributed by atoms with Crippen LogP contribution >= 0.6 is 0 Å². The van der Waals surface area contributed by atoms with Crippen molar-refractivity contribution in [3.05, 3.63) is 47.4 Å². The van der Waals surface area contributed by atoms with Crippen molar-refractivity contribution in [3.8, 4) is 0 Å². The number of hydrogen-bond acceptors (Lipinski definition) is 4. The van der Waals surface area contributed by atoms with Crippen molar-refractivity contribution in [3.63, 3.8) is 0 Å². The minimum atomic E-state index is -0.242. The molecule has 0 N–H and O–H groups in total. The number of carbonyl (C=O) groups is 1. The summed E-state index contributed by atoms with van der Waals surface area (Å²) in [5.41, 5.74) is 0.921. The molecule has 1 aromatic heterocycles. The van der Waals surface area contributed by atoms with Crippen LogP contribution in [0.5, 0.6) is 0 Å². The molecule has 2 saturated carbocycles. The Morgan fingerprint density at radius 1 is 1.28 bits per heavy atom. The molecule has 2 aromatic rings. The van der Waals surface area contributed by atoms with E-state index in [9.17, 15) is 9.18 Å². The number of benzene rings is 1. The molecule has 2 heterocycles. The van der Waals surface area contributed by atoms with Crippen LogP contribution in [0.2, 0.25) is 0 Å². The highest BCUT2D eigenvalue weighted by Crippen LogP contribution is 2.50. The molecule has 0 unspecified atom stereocenters. The Morgan fingerprint density at radius 2 is 2.16 bits per heavy atom. The highest BCUT2D eigenvalue weighted by molar-refractivity contribution is 5.83. The molecule has 2 aliphatic carbocycles. The van der Waals surface area contributed by atoms with Crippen molar-refractivity contribution < 1.29 is 13.7 Å². The van der Waals surface area contributed by atoms with Gasteiger partial charge in [-0.1, -0.05) is 17.3 Å². The summed E-state index contributed by atoms with van der Waals surface area (Å²) in [7, 11) is 0. The second-order valence-electron chi connectivity index (χ2n) is 7.46. The molecule has 6 heteroatoms. The lowest BCUT2D eigenvalue weighted by Gasteiger charge is -2.22. The summed E-state index contributed by atoms with van der Waals surface area (Å²) < 4.78 is 18.8. The van der Waals surface area contributed by atoms with E-state index in [0.717, 1.165) is 50.1 Å². The van der Waals surface area contributed by atoms with E-state index in [-0.39, 0.29) is 29.6 Å². The van der Waals surface area contributed by atoms with Crippen molar-refractivity contribution in [2.45, 2.75) is 50.0 Å². The highest BCUT2D eigenvalue weighted by atomic mass is 19.1. The molecule has 1 saturated heterocycles. The van der Waals surface area contributed by atoms with Gasteiger partial charge in [0, 0.05) is 18.4 Å². The number of likely N-dealkylation sites (tertiary alicyclic amines) is 1. The fourth-order valence-corrected chi connectivity index (χ4v) is 3.96. The average Bonchev–Trinajstić information content (AvgIpc) is 3.51. The molecule has 1 aliphatic heterocycles. The summed E-state index contributed by atoms with van der Waals surface area (Å²) in [4.78, 5) is 19.4. The minimum absolute atomic E-state index is 0.0443. The van der Waals surface area contributed by atoms with Crippen LogP contribution in [-0.2, 0) is 4.79 Å². The first kappa shape index (κ1) is 15.0. The van der Waals surface area contributed by atoms with Crippen LogP contribution in [-0.4, -0.2) is 27.5 Å². The minimum Gasteiger partial charge on any atom is -0.339 e. The molecular formula is C19H20FN3O2. The number of aromatic nitrogens is 2. The number of nitrogens with zero attached hydrogens (tertiary/aromatic N) is 3. The largest absolute Gasteiger partial charge is 0.339 e. The summed E-state index contributed by atoms with van der Waals surface area (Å²) in [5, 5.41) is 4.13. The normalized spacial score (nSPS) is 28.4. The second kappa shape index (κ2) is 5.64. The van der Waals surface area contributed by atoms with Crippen LogP contribution in [0.4, 0.5) is 4.39 Å². The van der Waals surface area contributed by atoms with Gasteiger partial charge in [0.25, 0.3) is 0 Å². The predicted octanol–water partition coefficient (Wildman–Crippen LogP) is 3.55. The predicted molar refractivity (Wildman–Crippen MR) is 87.2 cm³/mol. The molecule has 130 valence electrons. The molecule has 0 bridgehead atoms. The van der Waals surface area contributed by atoms with Gasteiger partial charge >= 0.3 is 0 Å². The molecular weight excluding hydrogens is 321 g/mol. The van der Waals surface area contributed by atoms with Crippen LogP contribution in [0.25, 0.3) is 0 Å². The summed E-state index contributed by atoms with van der Waals surface area (Å²) in [5.74, 6) is 1.79. The van der Waals surface area contributed by atoms with Gasteiger partial charge in [0.05, 0.1) is 6.04 Å². The van der Waals surface area contributed by atoms with Crippen molar-refractivity contribution in [1.82, 2.24) is 15.0 Å². The molecule has 3 atom stereocenters. The van der Waals surface area contributed by atoms with Crippen LogP contribution < -0.4 is 0 Å². The van der Waals surface area contributed by atoms with E-state index in [1.165, 1.54) is 6.07 Å². The first-order chi connectivity index (χ1) is 12.2. The van der Waals surface area contributed by atoms with Gasteiger partial charge in [-0.3, -0.25) is 4.79 Å². The maximum atomic E-state index is 13.4. The molecule has 0 spiro atoms. The SMILES string of the molecule is O=C([C@@H]1C[C@@H]1c1cccc(F)c1)N1CCC[C@@H]1c1noc(C2CC2)n1. The van der Waals surface area contributed by atoms with E-state index in [1.807, 2.05) is 11.0 Å². The Balaban J connectivity index is 1.31. The lowest BCUT2D eigenvalue weighted by Crippen LogP contribution is -2.32. The van der Waals surface area contributed by atoms with Crippen molar-refractivity contribution in [1.29, 1.82) is 0 Å². The molecule has 1 amide bonds. The average molecular weight is 341 g/mol. The first-order valence-corrected chi connectivity index (χ1v) is 9.10. The van der Waals surface area contributed by atoms with E-state index in [4.69, 9.17) is 4.52 Å². The molecule has 25 heavy (non-hydrogen) atoms. The zero-order valence-corrected chi connectivity index (χ0v) is 13.9. The van der Waals surface area contributed by atoms with E-state index >= 15 is 0 Å². The Labute approximate surface area is 145 Å². The van der Waals surface area contributed by atoms with Gasteiger partial charge in [0.15, 0.2) is 5.82 Å². The van der Waals surface area contributed by atoms with E-state index in [2.05, 4.69) is 10.1 Å². The molecule has 1 aromatic carbocycles. The number of hydrogen-bond donors (Lipinski definition) is 0. The van der Waals surface area contributed by atoms with Crippen molar-refractivity contribution in [2.75, 3.05) is 6.54 Å². The lowest BCUT2D eigenvalue weighted by molar-refractivity contribution is -0.133. The quantitative estimate of drug-likeness (QED) is 0.853. The lowest BCUT2D eigenvalue weighted by atomic mass is 10.1. The van der Waals surface area contributed by atoms with Gasteiger partial charge in [0.1, 0.15) is 5.82 Å². The fraction of sp³-hybridized carbons (Fsp3) is 0.526. The fourth-order valence-electron chi connectivity index (χ4n) is 3.96. The third kappa shape index (κ3) is 2.73. The van der Waals surface area contributed by atoms with Gasteiger partial charge in [-0.25, -0.2) is 4.39 Å². The molecule has 3 aliphatic rings. The highest BCUT2D eigenvalue weighted by Gasteiger charge is 2.48. The Morgan fingerprint density at radius 3 is 2.96 bits per heavy atom. The standard InChI is InChI=1S/C19H20FN3O2/c20-13-4-1-3-12(9-13)14-10-15(14)19(24)23-8-2-5-16(23)17-21-18(25-22-17)11-6-7-11/h1,3-4,9,11,14-16H,2,5-8,10H2/t14-,15-,16-/m1/s1. The van der Waals surface area contributed by atoms with Crippen LogP contribution in [0.15, 0.2) is 28.8 Å². The second-order valence-corrected chi connectivity index (χ2v) is 7.46. The van der Waals surface area contributed by atoms with Crippen molar-refractivity contribution in [2.24, 2.45) is 5.92 Å². The van der Waals surface area contributed by atoms with Gasteiger partial charge in [-0.05, 0) is 55.7 Å². The van der Waals surface area contributed by atoms with Gasteiger partial charge in [0.2, 0.25) is 11.8 Å². The van der Waals surface area contributed by atoms with Crippen molar-refractivity contribution >= 4 is 5.91 Å². The topological polar surface area (TPSA) is 59.2 Å². The molecule has 5 nitrogen and oxygen atoms in total. The zero-order valence-electron chi connectivity index (χ0n) is 13.9. The van der Waals surface area contributed by atoms with Crippen LogP contribution in [0, 0.1) is 11.7 Å². The maximum absolute atomic E-state index is 13.4. The van der Waals surface area contributed by atoms with Gasteiger partial charge in [-0.2, -0.15) is 4.98 Å².